The summed E-state index contributed by atoms with van der Waals surface area (Å²) in [5.41, 5.74) is 2.34. The molecule has 0 spiro atoms. The lowest BCUT2D eigenvalue weighted by Gasteiger charge is -2.22. The van der Waals surface area contributed by atoms with E-state index in [-0.39, 0.29) is 24.0 Å². The molecular weight excluding hydrogens is 346 g/mol. The van der Waals surface area contributed by atoms with E-state index in [1.54, 1.807) is 13.0 Å². The van der Waals surface area contributed by atoms with Gasteiger partial charge in [0.15, 0.2) is 0 Å². The SMILES string of the molecule is CCCN(CC(=O)Nc1ccccc1C)C(=O)c1ccc([N+](=O)[O-])c(C)c1. The van der Waals surface area contributed by atoms with E-state index in [9.17, 15) is 19.7 Å². The number of hydrogen-bond donors (Lipinski definition) is 1. The predicted molar refractivity (Wildman–Crippen MR) is 104 cm³/mol. The molecule has 0 fully saturated rings. The van der Waals surface area contributed by atoms with Crippen LogP contribution in [0.25, 0.3) is 0 Å². The van der Waals surface area contributed by atoms with Crippen molar-refractivity contribution in [1.29, 1.82) is 0 Å². The number of aryl methyl sites for hydroxylation is 2. The number of nitrogens with one attached hydrogen (secondary N) is 1. The monoisotopic (exact) mass is 369 g/mol. The molecule has 2 aromatic rings. The summed E-state index contributed by atoms with van der Waals surface area (Å²) in [5.74, 6) is -0.612. The molecular formula is C20H23N3O4. The van der Waals surface area contributed by atoms with Gasteiger partial charge in [0.1, 0.15) is 6.54 Å². The molecule has 0 saturated carbocycles. The topological polar surface area (TPSA) is 92.6 Å². The molecule has 2 amide bonds. The summed E-state index contributed by atoms with van der Waals surface area (Å²) in [5, 5.41) is 13.8. The van der Waals surface area contributed by atoms with Crippen molar-refractivity contribution in [2.24, 2.45) is 0 Å². The molecule has 0 atom stereocenters. The molecule has 0 unspecified atom stereocenters. The van der Waals surface area contributed by atoms with Crippen molar-refractivity contribution in [2.45, 2.75) is 27.2 Å². The Bertz CT molecular complexity index is 864. The molecule has 0 heterocycles. The van der Waals surface area contributed by atoms with Crippen LogP contribution in [0.3, 0.4) is 0 Å². The van der Waals surface area contributed by atoms with E-state index >= 15 is 0 Å². The minimum absolute atomic E-state index is 0.0362. The number of nitro benzene ring substituents is 1. The fourth-order valence-electron chi connectivity index (χ4n) is 2.77. The number of amides is 2. The van der Waals surface area contributed by atoms with Crippen molar-refractivity contribution in [3.05, 3.63) is 69.3 Å². The van der Waals surface area contributed by atoms with E-state index in [4.69, 9.17) is 0 Å². The first-order chi connectivity index (χ1) is 12.8. The Morgan fingerprint density at radius 1 is 1.11 bits per heavy atom. The molecule has 0 aliphatic rings. The third-order valence-corrected chi connectivity index (χ3v) is 4.17. The molecule has 2 rings (SSSR count). The quantitative estimate of drug-likeness (QED) is 0.595. The van der Waals surface area contributed by atoms with Gasteiger partial charge in [0.25, 0.3) is 11.6 Å². The van der Waals surface area contributed by atoms with Crippen LogP contribution in [0.15, 0.2) is 42.5 Å². The smallest absolute Gasteiger partial charge is 0.272 e. The maximum absolute atomic E-state index is 12.8. The van der Waals surface area contributed by atoms with E-state index < -0.39 is 4.92 Å². The van der Waals surface area contributed by atoms with Gasteiger partial charge in [-0.25, -0.2) is 0 Å². The second kappa shape index (κ2) is 8.93. The summed E-state index contributed by atoms with van der Waals surface area (Å²) in [4.78, 5) is 37.1. The van der Waals surface area contributed by atoms with E-state index in [1.165, 1.54) is 23.1 Å². The van der Waals surface area contributed by atoms with Crippen molar-refractivity contribution in [2.75, 3.05) is 18.4 Å². The van der Waals surface area contributed by atoms with Crippen LogP contribution in [0.2, 0.25) is 0 Å². The summed E-state index contributed by atoms with van der Waals surface area (Å²) in [6.07, 6.45) is 0.690. The Kier molecular flexibility index (Phi) is 6.65. The summed E-state index contributed by atoms with van der Waals surface area (Å²) in [6, 6.07) is 11.6. The summed E-state index contributed by atoms with van der Waals surface area (Å²) in [6.45, 7) is 5.72. The van der Waals surface area contributed by atoms with Gasteiger partial charge in [0.2, 0.25) is 5.91 Å². The number of rotatable bonds is 7. The second-order valence-corrected chi connectivity index (χ2v) is 6.35. The van der Waals surface area contributed by atoms with E-state index in [2.05, 4.69) is 5.32 Å². The van der Waals surface area contributed by atoms with Gasteiger partial charge in [-0.3, -0.25) is 19.7 Å². The van der Waals surface area contributed by atoms with Crippen molar-refractivity contribution < 1.29 is 14.5 Å². The molecule has 0 aliphatic heterocycles. The van der Waals surface area contributed by atoms with Crippen molar-refractivity contribution >= 4 is 23.2 Å². The zero-order valence-corrected chi connectivity index (χ0v) is 15.7. The average molecular weight is 369 g/mol. The lowest BCUT2D eigenvalue weighted by atomic mass is 10.1. The maximum atomic E-state index is 12.8. The molecule has 0 bridgehead atoms. The summed E-state index contributed by atoms with van der Waals surface area (Å²) < 4.78 is 0. The van der Waals surface area contributed by atoms with Gasteiger partial charge < -0.3 is 10.2 Å². The number of nitro groups is 1. The normalized spacial score (nSPS) is 10.3. The minimum Gasteiger partial charge on any atom is -0.329 e. The maximum Gasteiger partial charge on any atom is 0.272 e. The highest BCUT2D eigenvalue weighted by molar-refractivity contribution is 5.99. The molecule has 1 N–H and O–H groups in total. The molecule has 7 heteroatoms. The highest BCUT2D eigenvalue weighted by atomic mass is 16.6. The van der Waals surface area contributed by atoms with Crippen LogP contribution in [-0.4, -0.2) is 34.7 Å². The van der Waals surface area contributed by atoms with Crippen molar-refractivity contribution in [3.8, 4) is 0 Å². The van der Waals surface area contributed by atoms with Crippen molar-refractivity contribution in [3.63, 3.8) is 0 Å². The molecule has 0 aliphatic carbocycles. The van der Waals surface area contributed by atoms with Gasteiger partial charge in [0.05, 0.1) is 4.92 Å². The van der Waals surface area contributed by atoms with Crippen LogP contribution in [0.1, 0.15) is 34.8 Å². The van der Waals surface area contributed by atoms with Crippen LogP contribution >= 0.6 is 0 Å². The van der Waals surface area contributed by atoms with E-state index in [0.717, 1.165) is 5.56 Å². The zero-order valence-electron chi connectivity index (χ0n) is 15.7. The molecule has 2 aromatic carbocycles. The Hall–Kier alpha value is -3.22. The zero-order chi connectivity index (χ0) is 20.0. The molecule has 0 aromatic heterocycles. The van der Waals surface area contributed by atoms with Gasteiger partial charge >= 0.3 is 0 Å². The van der Waals surface area contributed by atoms with Crippen LogP contribution in [0.4, 0.5) is 11.4 Å². The van der Waals surface area contributed by atoms with Gasteiger partial charge in [-0.1, -0.05) is 25.1 Å². The minimum atomic E-state index is -0.483. The number of anilines is 1. The number of carbonyl (C=O) groups excluding carboxylic acids is 2. The van der Waals surface area contributed by atoms with Crippen LogP contribution in [-0.2, 0) is 4.79 Å². The second-order valence-electron chi connectivity index (χ2n) is 6.35. The van der Waals surface area contributed by atoms with Gasteiger partial charge in [-0.15, -0.1) is 0 Å². The molecule has 0 radical (unpaired) electrons. The number of benzene rings is 2. The summed E-state index contributed by atoms with van der Waals surface area (Å²) in [7, 11) is 0. The third kappa shape index (κ3) is 5.13. The third-order valence-electron chi connectivity index (χ3n) is 4.17. The lowest BCUT2D eigenvalue weighted by Crippen LogP contribution is -2.38. The molecule has 0 saturated heterocycles. The first-order valence-corrected chi connectivity index (χ1v) is 8.73. The van der Waals surface area contributed by atoms with Gasteiger partial charge in [-0.05, 0) is 44.0 Å². The molecule has 27 heavy (non-hydrogen) atoms. The van der Waals surface area contributed by atoms with Crippen LogP contribution < -0.4 is 5.32 Å². The number of nitrogens with zero attached hydrogens (tertiary/aromatic N) is 2. The lowest BCUT2D eigenvalue weighted by molar-refractivity contribution is -0.385. The first-order valence-electron chi connectivity index (χ1n) is 8.73. The Balaban J connectivity index is 2.15. The highest BCUT2D eigenvalue weighted by Gasteiger charge is 2.20. The van der Waals surface area contributed by atoms with E-state index in [0.29, 0.717) is 29.8 Å². The fraction of sp³-hybridized carbons (Fsp3) is 0.300. The van der Waals surface area contributed by atoms with Crippen LogP contribution in [0, 0.1) is 24.0 Å². The fourth-order valence-corrected chi connectivity index (χ4v) is 2.77. The Morgan fingerprint density at radius 3 is 2.41 bits per heavy atom. The highest BCUT2D eigenvalue weighted by Crippen LogP contribution is 2.20. The standard InChI is InChI=1S/C20H23N3O4/c1-4-11-22(13-19(24)21-17-8-6-5-7-14(17)2)20(25)16-9-10-18(23(26)27)15(3)12-16/h5-10,12H,4,11,13H2,1-3H3,(H,21,24). The predicted octanol–water partition coefficient (Wildman–Crippen LogP) is 3.70. The Labute approximate surface area is 158 Å². The first kappa shape index (κ1) is 20.1. The molecule has 7 nitrogen and oxygen atoms in total. The van der Waals surface area contributed by atoms with Crippen molar-refractivity contribution in [1.82, 2.24) is 4.90 Å². The van der Waals surface area contributed by atoms with Gasteiger partial charge in [0, 0.05) is 29.4 Å². The van der Waals surface area contributed by atoms with Crippen LogP contribution in [0.5, 0.6) is 0 Å². The molecule has 142 valence electrons. The van der Waals surface area contributed by atoms with E-state index in [1.807, 2.05) is 32.0 Å². The summed E-state index contributed by atoms with van der Waals surface area (Å²) >= 11 is 0. The Morgan fingerprint density at radius 2 is 1.81 bits per heavy atom. The average Bonchev–Trinajstić information content (AvgIpc) is 2.62. The number of carbonyl (C=O) groups is 2. The number of hydrogen-bond acceptors (Lipinski definition) is 4. The largest absolute Gasteiger partial charge is 0.329 e. The van der Waals surface area contributed by atoms with Gasteiger partial charge in [-0.2, -0.15) is 0 Å². The number of para-hydroxylation sites is 1.